The van der Waals surface area contributed by atoms with Crippen molar-refractivity contribution in [2.45, 2.75) is 66.2 Å². The number of hydrogen-bond donors (Lipinski definition) is 0. The molecule has 0 aromatic rings. The minimum absolute atomic E-state index is 0.148. The van der Waals surface area contributed by atoms with Crippen molar-refractivity contribution in [3.8, 4) is 0 Å². The summed E-state index contributed by atoms with van der Waals surface area (Å²) >= 11 is 0. The highest BCUT2D eigenvalue weighted by Crippen LogP contribution is 2.36. The monoisotopic (exact) mass is 356 g/mol. The molecule has 2 rings (SSSR count). The van der Waals surface area contributed by atoms with Gasteiger partial charge in [-0.25, -0.2) is 0 Å². The molecular formula is C21H40O4. The van der Waals surface area contributed by atoms with Crippen LogP contribution >= 0.6 is 0 Å². The summed E-state index contributed by atoms with van der Waals surface area (Å²) in [5.41, 5.74) is 0.677. The van der Waals surface area contributed by atoms with Crippen molar-refractivity contribution in [1.82, 2.24) is 0 Å². The second-order valence-corrected chi connectivity index (χ2v) is 8.64. The van der Waals surface area contributed by atoms with Crippen molar-refractivity contribution in [1.29, 1.82) is 0 Å². The van der Waals surface area contributed by atoms with E-state index in [4.69, 9.17) is 18.9 Å². The smallest absolute Gasteiger partial charge is 0.0566 e. The number of ether oxygens (including phenoxy) is 4. The minimum Gasteiger partial charge on any atom is -0.380 e. The van der Waals surface area contributed by atoms with Crippen LogP contribution in [0.4, 0.5) is 0 Å². The first-order valence-corrected chi connectivity index (χ1v) is 10.4. The molecule has 25 heavy (non-hydrogen) atoms. The maximum Gasteiger partial charge on any atom is 0.0566 e. The van der Waals surface area contributed by atoms with E-state index in [2.05, 4.69) is 27.7 Å². The Labute approximate surface area is 154 Å². The van der Waals surface area contributed by atoms with Crippen LogP contribution < -0.4 is 0 Å². The van der Waals surface area contributed by atoms with Crippen molar-refractivity contribution in [2.75, 3.05) is 52.9 Å². The first-order chi connectivity index (χ1) is 12.1. The van der Waals surface area contributed by atoms with Crippen molar-refractivity contribution < 1.29 is 18.9 Å². The van der Waals surface area contributed by atoms with E-state index in [-0.39, 0.29) is 16.2 Å². The lowest BCUT2D eigenvalue weighted by Crippen LogP contribution is -2.47. The van der Waals surface area contributed by atoms with E-state index in [1.165, 1.54) is 19.3 Å². The quantitative estimate of drug-likeness (QED) is 0.460. The second kappa shape index (κ2) is 9.68. The highest BCUT2D eigenvalue weighted by atomic mass is 16.5. The number of unbranched alkanes of at least 4 members (excludes halogenated alkanes) is 1. The molecule has 0 bridgehead atoms. The summed E-state index contributed by atoms with van der Waals surface area (Å²) in [6.45, 7) is 15.7. The molecule has 0 saturated carbocycles. The van der Waals surface area contributed by atoms with Gasteiger partial charge in [-0.1, -0.05) is 40.5 Å². The van der Waals surface area contributed by atoms with Crippen LogP contribution in [0, 0.1) is 16.2 Å². The lowest BCUT2D eigenvalue weighted by atomic mass is 9.80. The van der Waals surface area contributed by atoms with Gasteiger partial charge in [0, 0.05) is 16.2 Å². The van der Waals surface area contributed by atoms with Crippen LogP contribution in [0.2, 0.25) is 0 Å². The van der Waals surface area contributed by atoms with E-state index in [0.29, 0.717) is 0 Å². The van der Waals surface area contributed by atoms with Crippen LogP contribution in [0.5, 0.6) is 0 Å². The van der Waals surface area contributed by atoms with Crippen LogP contribution in [0.25, 0.3) is 0 Å². The van der Waals surface area contributed by atoms with Gasteiger partial charge < -0.3 is 18.9 Å². The summed E-state index contributed by atoms with van der Waals surface area (Å²) < 4.78 is 23.3. The third kappa shape index (κ3) is 5.41. The van der Waals surface area contributed by atoms with Gasteiger partial charge >= 0.3 is 0 Å². The molecule has 2 aliphatic rings. The first-order valence-electron chi connectivity index (χ1n) is 10.4. The molecule has 0 aromatic carbocycles. The van der Waals surface area contributed by atoms with Crippen molar-refractivity contribution in [3.05, 3.63) is 0 Å². The molecule has 0 N–H and O–H groups in total. The molecule has 0 radical (unpaired) electrons. The zero-order valence-corrected chi connectivity index (χ0v) is 17.0. The van der Waals surface area contributed by atoms with Crippen LogP contribution in [0.15, 0.2) is 0 Å². The fourth-order valence-electron chi connectivity index (χ4n) is 3.65. The molecule has 2 saturated heterocycles. The molecule has 2 aliphatic heterocycles. The Bertz CT molecular complexity index is 335. The maximum absolute atomic E-state index is 6.25. The summed E-state index contributed by atoms with van der Waals surface area (Å²) in [6, 6.07) is 0. The fraction of sp³-hybridized carbons (Fsp3) is 1.00. The van der Waals surface area contributed by atoms with Gasteiger partial charge in [-0.3, -0.25) is 0 Å². The van der Waals surface area contributed by atoms with Crippen LogP contribution in [-0.2, 0) is 18.9 Å². The molecule has 0 atom stereocenters. The molecule has 2 heterocycles. The first kappa shape index (κ1) is 21.1. The van der Waals surface area contributed by atoms with Crippen molar-refractivity contribution in [2.24, 2.45) is 16.2 Å². The molecule has 0 aromatic heterocycles. The Hall–Kier alpha value is -0.160. The molecule has 2 fully saturated rings. The standard InChI is InChI=1S/C21H40O4/c1-5-9-10-19(6-2,11-22-13-20(7-3)15-24-16-20)12-23-14-21(8-4)17-25-18-21/h5-18H2,1-4H3. The summed E-state index contributed by atoms with van der Waals surface area (Å²) in [7, 11) is 0. The van der Waals surface area contributed by atoms with Gasteiger partial charge in [-0.15, -0.1) is 0 Å². The topological polar surface area (TPSA) is 36.9 Å². The average molecular weight is 357 g/mol. The van der Waals surface area contributed by atoms with Crippen molar-refractivity contribution in [3.63, 3.8) is 0 Å². The van der Waals surface area contributed by atoms with Gasteiger partial charge in [0.1, 0.15) is 0 Å². The zero-order valence-electron chi connectivity index (χ0n) is 17.0. The predicted molar refractivity (Wildman–Crippen MR) is 101 cm³/mol. The molecule has 0 spiro atoms. The molecule has 0 unspecified atom stereocenters. The Kier molecular flexibility index (Phi) is 8.19. The van der Waals surface area contributed by atoms with Gasteiger partial charge in [0.15, 0.2) is 0 Å². The third-order valence-corrected chi connectivity index (χ3v) is 6.58. The average Bonchev–Trinajstić information content (AvgIpc) is 2.57. The van der Waals surface area contributed by atoms with Gasteiger partial charge in [0.25, 0.3) is 0 Å². The Morgan fingerprint density at radius 2 is 1.28 bits per heavy atom. The van der Waals surface area contributed by atoms with Gasteiger partial charge in [0.05, 0.1) is 52.9 Å². The fourth-order valence-corrected chi connectivity index (χ4v) is 3.65. The van der Waals surface area contributed by atoms with Gasteiger partial charge in [0.2, 0.25) is 0 Å². The summed E-state index contributed by atoms with van der Waals surface area (Å²) in [5.74, 6) is 0. The summed E-state index contributed by atoms with van der Waals surface area (Å²) in [4.78, 5) is 0. The Balaban J connectivity index is 1.83. The highest BCUT2D eigenvalue weighted by Gasteiger charge is 2.40. The number of rotatable bonds is 14. The third-order valence-electron chi connectivity index (χ3n) is 6.58. The molecule has 148 valence electrons. The Morgan fingerprint density at radius 3 is 1.56 bits per heavy atom. The Morgan fingerprint density at radius 1 is 0.800 bits per heavy atom. The minimum atomic E-state index is 0.148. The lowest BCUT2D eigenvalue weighted by Gasteiger charge is -2.43. The number of hydrogen-bond acceptors (Lipinski definition) is 4. The SMILES string of the molecule is CCCCC(CC)(COCC1(CC)COC1)COCC1(CC)COC1. The normalized spacial score (nSPS) is 21.6. The second-order valence-electron chi connectivity index (χ2n) is 8.64. The molecule has 4 heteroatoms. The molecule has 0 aliphatic carbocycles. The van der Waals surface area contributed by atoms with E-state index in [9.17, 15) is 0 Å². The molecule has 4 nitrogen and oxygen atoms in total. The van der Waals surface area contributed by atoms with Crippen molar-refractivity contribution >= 4 is 0 Å². The zero-order chi connectivity index (χ0) is 18.2. The van der Waals surface area contributed by atoms with E-state index in [0.717, 1.165) is 72.1 Å². The lowest BCUT2D eigenvalue weighted by molar-refractivity contribution is -0.172. The van der Waals surface area contributed by atoms with E-state index < -0.39 is 0 Å². The largest absolute Gasteiger partial charge is 0.380 e. The molecule has 0 amide bonds. The predicted octanol–water partition coefficient (Wildman–Crippen LogP) is 4.46. The van der Waals surface area contributed by atoms with Gasteiger partial charge in [-0.05, 0) is 25.7 Å². The van der Waals surface area contributed by atoms with Crippen LogP contribution in [0.3, 0.4) is 0 Å². The summed E-state index contributed by atoms with van der Waals surface area (Å²) in [6.07, 6.45) is 7.03. The highest BCUT2D eigenvalue weighted by molar-refractivity contribution is 4.87. The van der Waals surface area contributed by atoms with E-state index >= 15 is 0 Å². The van der Waals surface area contributed by atoms with Crippen LogP contribution in [0.1, 0.15) is 66.2 Å². The van der Waals surface area contributed by atoms with E-state index in [1.807, 2.05) is 0 Å². The summed E-state index contributed by atoms with van der Waals surface area (Å²) in [5, 5.41) is 0. The molecular weight excluding hydrogens is 316 g/mol. The van der Waals surface area contributed by atoms with Gasteiger partial charge in [-0.2, -0.15) is 0 Å². The van der Waals surface area contributed by atoms with Crippen LogP contribution in [-0.4, -0.2) is 52.9 Å². The van der Waals surface area contributed by atoms with E-state index in [1.54, 1.807) is 0 Å². The maximum atomic E-state index is 6.25.